The number of aromatic nitrogens is 3. The first-order valence-electron chi connectivity index (χ1n) is 14.6. The van der Waals surface area contributed by atoms with Crippen LogP contribution in [0.4, 0.5) is 13.2 Å². The standard InChI is InChI=1S/C30H30F3N3O11S/c31-14-3-1-2-12(6-14)17-8-36(35-34-17)22-23(39)19(9-37)46-29(25(22)41)48-30-26(42)27(24(40)20(10-38)47-30)44-11-13-7-15-18(45-28(13)43)5-4-16(32)21(15)33/h1-8,19-20,22-27,29-30,37-42H,9-11H2/t19?,20-,22+,23+,24?,25?,26-,27?,29+,30?/m1/s1. The predicted octanol–water partition coefficient (Wildman–Crippen LogP) is 0.206. The molecule has 2 aliphatic heterocycles. The molecule has 0 spiro atoms. The highest BCUT2D eigenvalue weighted by molar-refractivity contribution is 8.00. The normalized spacial score (nSPS) is 30.9. The molecule has 4 heterocycles. The van der Waals surface area contributed by atoms with Crippen LogP contribution in [0.2, 0.25) is 0 Å². The highest BCUT2D eigenvalue weighted by atomic mass is 32.2. The van der Waals surface area contributed by atoms with E-state index in [0.29, 0.717) is 17.3 Å². The zero-order valence-electron chi connectivity index (χ0n) is 24.6. The van der Waals surface area contributed by atoms with Crippen molar-refractivity contribution in [3.05, 3.63) is 82.1 Å². The van der Waals surface area contributed by atoms with Crippen LogP contribution in [0.15, 0.2) is 57.9 Å². The van der Waals surface area contributed by atoms with E-state index < -0.39 is 103 Å². The van der Waals surface area contributed by atoms with E-state index in [1.807, 2.05) is 0 Å². The van der Waals surface area contributed by atoms with Crippen molar-refractivity contribution in [2.24, 2.45) is 0 Å². The average Bonchev–Trinajstić information content (AvgIpc) is 3.55. The van der Waals surface area contributed by atoms with Crippen LogP contribution < -0.4 is 5.63 Å². The third-order valence-electron chi connectivity index (χ3n) is 8.18. The lowest BCUT2D eigenvalue weighted by molar-refractivity contribution is -0.225. The van der Waals surface area contributed by atoms with Gasteiger partial charge in [0.05, 0.1) is 37.0 Å². The van der Waals surface area contributed by atoms with Gasteiger partial charge in [0, 0.05) is 5.56 Å². The van der Waals surface area contributed by atoms with Crippen LogP contribution in [0.3, 0.4) is 0 Å². The lowest BCUT2D eigenvalue weighted by atomic mass is 9.97. The van der Waals surface area contributed by atoms with E-state index in [9.17, 15) is 48.6 Å². The van der Waals surface area contributed by atoms with Crippen molar-refractivity contribution in [3.8, 4) is 11.3 Å². The number of thioether (sulfide) groups is 1. The van der Waals surface area contributed by atoms with Gasteiger partial charge in [0.15, 0.2) is 11.6 Å². The van der Waals surface area contributed by atoms with Crippen LogP contribution >= 0.6 is 11.8 Å². The molecule has 10 atom stereocenters. The fourth-order valence-corrected chi connectivity index (χ4v) is 6.96. The molecule has 18 heteroatoms. The van der Waals surface area contributed by atoms with Gasteiger partial charge >= 0.3 is 5.63 Å². The lowest BCUT2D eigenvalue weighted by Gasteiger charge is -2.46. The van der Waals surface area contributed by atoms with Crippen molar-refractivity contribution in [1.82, 2.24) is 15.0 Å². The Labute approximate surface area is 272 Å². The molecule has 0 aliphatic carbocycles. The molecule has 0 amide bonds. The molecule has 0 bridgehead atoms. The molecule has 2 aromatic carbocycles. The molecule has 5 unspecified atom stereocenters. The van der Waals surface area contributed by atoms with Crippen LogP contribution in [-0.4, -0.2) is 112 Å². The molecule has 14 nitrogen and oxygen atoms in total. The number of ether oxygens (including phenoxy) is 3. The summed E-state index contributed by atoms with van der Waals surface area (Å²) in [5, 5.41) is 71.8. The van der Waals surface area contributed by atoms with Crippen LogP contribution in [0, 0.1) is 17.5 Å². The molecule has 2 fully saturated rings. The second kappa shape index (κ2) is 14.2. The van der Waals surface area contributed by atoms with Crippen molar-refractivity contribution >= 4 is 22.7 Å². The van der Waals surface area contributed by atoms with Gasteiger partial charge in [0.25, 0.3) is 0 Å². The highest BCUT2D eigenvalue weighted by Gasteiger charge is 2.51. The van der Waals surface area contributed by atoms with Crippen molar-refractivity contribution in [2.45, 2.75) is 66.2 Å². The fraction of sp³-hybridized carbons (Fsp3) is 0.433. The van der Waals surface area contributed by atoms with E-state index in [4.69, 9.17) is 18.6 Å². The second-order valence-electron chi connectivity index (χ2n) is 11.2. The van der Waals surface area contributed by atoms with Crippen LogP contribution in [0.25, 0.3) is 22.2 Å². The molecular weight excluding hydrogens is 667 g/mol. The van der Waals surface area contributed by atoms with Crippen molar-refractivity contribution in [2.75, 3.05) is 13.2 Å². The molecule has 6 N–H and O–H groups in total. The summed E-state index contributed by atoms with van der Waals surface area (Å²) in [5.41, 5.74) is -3.51. The fourth-order valence-electron chi connectivity index (χ4n) is 5.65. The SMILES string of the molecule is O=c1oc2ccc(F)c(F)c2cc1COC1C(O)[C@@H](CO)OC(S[C@@H]2OC(CO)[C@H](O)[C@H](n3cc(-c4cccc(F)c4)nn3)C2O)[C@@H]1O. The van der Waals surface area contributed by atoms with Crippen molar-refractivity contribution in [1.29, 1.82) is 0 Å². The zero-order valence-corrected chi connectivity index (χ0v) is 25.4. The Hall–Kier alpha value is -3.43. The average molecular weight is 698 g/mol. The summed E-state index contributed by atoms with van der Waals surface area (Å²) in [6.07, 6.45) is -9.19. The first-order chi connectivity index (χ1) is 23.0. The van der Waals surface area contributed by atoms with Crippen LogP contribution in [0.5, 0.6) is 0 Å². The van der Waals surface area contributed by atoms with Gasteiger partial charge in [-0.05, 0) is 30.3 Å². The van der Waals surface area contributed by atoms with Gasteiger partial charge in [0.1, 0.15) is 76.7 Å². The Morgan fingerprint density at radius 1 is 0.896 bits per heavy atom. The van der Waals surface area contributed by atoms with Crippen molar-refractivity contribution in [3.63, 3.8) is 0 Å². The minimum Gasteiger partial charge on any atom is -0.422 e. The minimum absolute atomic E-state index is 0.211. The maximum Gasteiger partial charge on any atom is 0.341 e. The largest absolute Gasteiger partial charge is 0.422 e. The van der Waals surface area contributed by atoms with Gasteiger partial charge in [0.2, 0.25) is 0 Å². The Morgan fingerprint density at radius 2 is 1.60 bits per heavy atom. The van der Waals surface area contributed by atoms with E-state index in [2.05, 4.69) is 10.3 Å². The molecule has 258 valence electrons. The number of aliphatic hydroxyl groups excluding tert-OH is 6. The summed E-state index contributed by atoms with van der Waals surface area (Å²) in [7, 11) is 0. The number of aliphatic hydroxyl groups is 6. The number of fused-ring (bicyclic) bond motifs is 1. The van der Waals surface area contributed by atoms with Crippen molar-refractivity contribution < 1.29 is 62.4 Å². The van der Waals surface area contributed by atoms with Gasteiger partial charge in [-0.15, -0.1) is 5.10 Å². The number of rotatable bonds is 9. The monoisotopic (exact) mass is 697 g/mol. The molecule has 6 rings (SSSR count). The third-order valence-corrected chi connectivity index (χ3v) is 9.50. The van der Waals surface area contributed by atoms with Gasteiger partial charge in [-0.3, -0.25) is 0 Å². The molecule has 4 aromatic rings. The molecule has 2 saturated heterocycles. The minimum atomic E-state index is -1.70. The summed E-state index contributed by atoms with van der Waals surface area (Å²) in [5.74, 6) is -2.95. The zero-order chi connectivity index (χ0) is 34.3. The van der Waals surface area contributed by atoms with Crippen LogP contribution in [-0.2, 0) is 20.8 Å². The number of hydrogen-bond donors (Lipinski definition) is 6. The van der Waals surface area contributed by atoms with E-state index >= 15 is 0 Å². The van der Waals surface area contributed by atoms with Gasteiger partial charge < -0.3 is 49.3 Å². The Kier molecular flexibility index (Phi) is 10.2. The topological polar surface area (TPSA) is 210 Å². The lowest BCUT2D eigenvalue weighted by Crippen LogP contribution is -2.60. The van der Waals surface area contributed by atoms with E-state index in [0.717, 1.165) is 22.9 Å². The number of benzene rings is 2. The molecule has 2 aliphatic rings. The third kappa shape index (κ3) is 6.60. The second-order valence-corrected chi connectivity index (χ2v) is 12.4. The summed E-state index contributed by atoms with van der Waals surface area (Å²) in [6, 6.07) is 7.16. The quantitative estimate of drug-likeness (QED) is 0.129. The molecule has 2 aromatic heterocycles. The van der Waals surface area contributed by atoms with Gasteiger partial charge in [-0.1, -0.05) is 29.1 Å². The van der Waals surface area contributed by atoms with E-state index in [-0.39, 0.29) is 22.2 Å². The smallest absolute Gasteiger partial charge is 0.341 e. The maximum atomic E-state index is 14.3. The number of halogens is 3. The maximum absolute atomic E-state index is 14.3. The molecule has 0 saturated carbocycles. The summed E-state index contributed by atoms with van der Waals surface area (Å²) >= 11 is 0.686. The van der Waals surface area contributed by atoms with Gasteiger partial charge in [-0.25, -0.2) is 22.6 Å². The molecular formula is C30H30F3N3O11S. The Bertz CT molecular complexity index is 1810. The molecule has 0 radical (unpaired) electrons. The predicted molar refractivity (Wildman–Crippen MR) is 159 cm³/mol. The van der Waals surface area contributed by atoms with E-state index in [1.165, 1.54) is 24.4 Å². The Balaban J connectivity index is 1.21. The first kappa shape index (κ1) is 34.4. The van der Waals surface area contributed by atoms with Gasteiger partial charge in [-0.2, -0.15) is 0 Å². The molecule has 48 heavy (non-hydrogen) atoms. The van der Waals surface area contributed by atoms with E-state index in [1.54, 1.807) is 6.07 Å². The first-order valence-corrected chi connectivity index (χ1v) is 15.6. The highest BCUT2D eigenvalue weighted by Crippen LogP contribution is 2.40. The summed E-state index contributed by atoms with van der Waals surface area (Å²) in [6.45, 7) is -2.07. The number of hydrogen-bond acceptors (Lipinski definition) is 14. The number of nitrogens with zero attached hydrogens (tertiary/aromatic N) is 3. The summed E-state index contributed by atoms with van der Waals surface area (Å²) in [4.78, 5) is 12.5. The Morgan fingerprint density at radius 3 is 2.31 bits per heavy atom. The van der Waals surface area contributed by atoms with Crippen LogP contribution in [0.1, 0.15) is 11.6 Å². The summed E-state index contributed by atoms with van der Waals surface area (Å²) < 4.78 is 65.2.